The first-order valence-electron chi connectivity index (χ1n) is 8.13. The number of anilines is 1. The Morgan fingerprint density at radius 3 is 2.37 bits per heavy atom. The fourth-order valence-electron chi connectivity index (χ4n) is 2.28. The van der Waals surface area contributed by atoms with Crippen LogP contribution in [0.25, 0.3) is 11.3 Å². The van der Waals surface area contributed by atoms with Gasteiger partial charge in [-0.05, 0) is 24.3 Å². The molecule has 0 saturated heterocycles. The van der Waals surface area contributed by atoms with Crippen LogP contribution in [-0.4, -0.2) is 29.4 Å². The summed E-state index contributed by atoms with van der Waals surface area (Å²) >= 11 is 11.8. The van der Waals surface area contributed by atoms with E-state index in [2.05, 4.69) is 20.8 Å². The molecule has 2 N–H and O–H groups in total. The standard InChI is InChI=1S/C19H16Cl2N4O2/c20-14-10-15(21)12-16(11-14)23-19(26)22-8-9-27-18-7-6-17(24-25-18)13-4-2-1-3-5-13/h1-7,10-12H,8-9H2,(H2,22,23,26). The molecule has 6 nitrogen and oxygen atoms in total. The number of urea groups is 1. The van der Waals surface area contributed by atoms with Crippen LogP contribution in [0.15, 0.2) is 60.7 Å². The maximum atomic E-state index is 11.9. The van der Waals surface area contributed by atoms with Crippen molar-refractivity contribution in [2.75, 3.05) is 18.5 Å². The van der Waals surface area contributed by atoms with Crippen molar-refractivity contribution in [3.63, 3.8) is 0 Å². The van der Waals surface area contributed by atoms with Crippen molar-refractivity contribution in [2.24, 2.45) is 0 Å². The molecule has 3 rings (SSSR count). The summed E-state index contributed by atoms with van der Waals surface area (Å²) in [4.78, 5) is 11.9. The number of ether oxygens (including phenoxy) is 1. The van der Waals surface area contributed by atoms with Gasteiger partial charge in [-0.3, -0.25) is 0 Å². The number of aromatic nitrogens is 2. The third-order valence-electron chi connectivity index (χ3n) is 3.47. The lowest BCUT2D eigenvalue weighted by Gasteiger charge is -2.09. The summed E-state index contributed by atoms with van der Waals surface area (Å²) in [7, 11) is 0. The molecule has 2 aromatic carbocycles. The Balaban J connectivity index is 1.42. The van der Waals surface area contributed by atoms with Crippen molar-refractivity contribution < 1.29 is 9.53 Å². The molecule has 0 spiro atoms. The number of carbonyl (C=O) groups is 1. The van der Waals surface area contributed by atoms with Gasteiger partial charge in [0.2, 0.25) is 5.88 Å². The first-order chi connectivity index (χ1) is 13.1. The van der Waals surface area contributed by atoms with Gasteiger partial charge in [0.15, 0.2) is 0 Å². The molecule has 0 aliphatic heterocycles. The lowest BCUT2D eigenvalue weighted by Crippen LogP contribution is -2.32. The third-order valence-corrected chi connectivity index (χ3v) is 3.90. The normalized spacial score (nSPS) is 10.3. The minimum absolute atomic E-state index is 0.253. The van der Waals surface area contributed by atoms with Crippen molar-refractivity contribution in [2.45, 2.75) is 0 Å². The highest BCUT2D eigenvalue weighted by molar-refractivity contribution is 6.35. The number of amides is 2. The van der Waals surface area contributed by atoms with Crippen molar-refractivity contribution in [1.29, 1.82) is 0 Å². The Morgan fingerprint density at radius 1 is 0.963 bits per heavy atom. The Hall–Kier alpha value is -2.83. The second-order valence-corrected chi connectivity index (χ2v) is 6.38. The number of halogens is 2. The molecular formula is C19H16Cl2N4O2. The molecule has 2 amide bonds. The van der Waals surface area contributed by atoms with Crippen LogP contribution in [0.1, 0.15) is 0 Å². The average Bonchev–Trinajstić information content (AvgIpc) is 2.66. The number of benzene rings is 2. The second kappa shape index (κ2) is 9.21. The fraction of sp³-hybridized carbons (Fsp3) is 0.105. The Kier molecular flexibility index (Phi) is 6.46. The summed E-state index contributed by atoms with van der Waals surface area (Å²) in [6.45, 7) is 0.547. The van der Waals surface area contributed by atoms with E-state index in [1.165, 1.54) is 0 Å². The van der Waals surface area contributed by atoms with E-state index >= 15 is 0 Å². The predicted octanol–water partition coefficient (Wildman–Crippen LogP) is 4.65. The van der Waals surface area contributed by atoms with Crippen LogP contribution in [0, 0.1) is 0 Å². The van der Waals surface area contributed by atoms with Gasteiger partial charge in [-0.1, -0.05) is 53.5 Å². The number of rotatable bonds is 6. The fourth-order valence-corrected chi connectivity index (χ4v) is 2.81. The zero-order valence-electron chi connectivity index (χ0n) is 14.2. The van der Waals surface area contributed by atoms with Crippen LogP contribution in [0.3, 0.4) is 0 Å². The van der Waals surface area contributed by atoms with Crippen molar-refractivity contribution in [3.05, 3.63) is 70.7 Å². The SMILES string of the molecule is O=C(NCCOc1ccc(-c2ccccc2)nn1)Nc1cc(Cl)cc(Cl)c1. The summed E-state index contributed by atoms with van der Waals surface area (Å²) in [6.07, 6.45) is 0. The molecule has 138 valence electrons. The molecule has 0 fully saturated rings. The molecule has 3 aromatic rings. The maximum absolute atomic E-state index is 11.9. The quantitative estimate of drug-likeness (QED) is 0.588. The molecule has 1 aromatic heterocycles. The Bertz CT molecular complexity index is 885. The molecule has 0 atom stereocenters. The van der Waals surface area contributed by atoms with Crippen LogP contribution in [0.5, 0.6) is 5.88 Å². The maximum Gasteiger partial charge on any atom is 0.319 e. The summed E-state index contributed by atoms with van der Waals surface area (Å²) < 4.78 is 5.48. The zero-order valence-corrected chi connectivity index (χ0v) is 15.7. The number of hydrogen-bond donors (Lipinski definition) is 2. The van der Waals surface area contributed by atoms with Crippen LogP contribution in [-0.2, 0) is 0 Å². The van der Waals surface area contributed by atoms with E-state index in [0.717, 1.165) is 11.3 Å². The smallest absolute Gasteiger partial charge is 0.319 e. The van der Waals surface area contributed by atoms with E-state index in [0.29, 0.717) is 28.2 Å². The molecule has 0 aliphatic carbocycles. The highest BCUT2D eigenvalue weighted by atomic mass is 35.5. The van der Waals surface area contributed by atoms with Crippen LogP contribution in [0.4, 0.5) is 10.5 Å². The van der Waals surface area contributed by atoms with Crippen LogP contribution >= 0.6 is 23.2 Å². The molecule has 8 heteroatoms. The highest BCUT2D eigenvalue weighted by Crippen LogP contribution is 2.22. The molecule has 0 aliphatic rings. The summed E-state index contributed by atoms with van der Waals surface area (Å²) in [5.41, 5.74) is 2.25. The van der Waals surface area contributed by atoms with Gasteiger partial charge >= 0.3 is 6.03 Å². The van der Waals surface area contributed by atoms with E-state index in [1.807, 2.05) is 36.4 Å². The first-order valence-corrected chi connectivity index (χ1v) is 8.89. The number of carbonyl (C=O) groups excluding carboxylic acids is 1. The highest BCUT2D eigenvalue weighted by Gasteiger charge is 2.05. The average molecular weight is 403 g/mol. The van der Waals surface area contributed by atoms with Gasteiger partial charge < -0.3 is 15.4 Å². The largest absolute Gasteiger partial charge is 0.475 e. The molecular weight excluding hydrogens is 387 g/mol. The Morgan fingerprint density at radius 2 is 1.70 bits per heavy atom. The molecule has 27 heavy (non-hydrogen) atoms. The molecule has 0 bridgehead atoms. The van der Waals surface area contributed by atoms with Crippen molar-refractivity contribution in [3.8, 4) is 17.1 Å². The summed E-state index contributed by atoms with van der Waals surface area (Å²) in [5.74, 6) is 0.388. The number of nitrogens with zero attached hydrogens (tertiary/aromatic N) is 2. The van der Waals surface area contributed by atoms with E-state index in [1.54, 1.807) is 24.3 Å². The van der Waals surface area contributed by atoms with Crippen LogP contribution < -0.4 is 15.4 Å². The second-order valence-electron chi connectivity index (χ2n) is 5.51. The molecule has 0 unspecified atom stereocenters. The minimum Gasteiger partial charge on any atom is -0.475 e. The molecule has 0 radical (unpaired) electrons. The number of nitrogens with one attached hydrogen (secondary N) is 2. The topological polar surface area (TPSA) is 76.1 Å². The molecule has 1 heterocycles. The predicted molar refractivity (Wildman–Crippen MR) is 106 cm³/mol. The summed E-state index contributed by atoms with van der Waals surface area (Å²) in [6, 6.07) is 17.7. The van der Waals surface area contributed by atoms with Gasteiger partial charge in [-0.25, -0.2) is 4.79 Å². The lowest BCUT2D eigenvalue weighted by atomic mass is 10.1. The van der Waals surface area contributed by atoms with Gasteiger partial charge in [-0.15, -0.1) is 10.2 Å². The third kappa shape index (κ3) is 5.84. The van der Waals surface area contributed by atoms with E-state index in [4.69, 9.17) is 27.9 Å². The van der Waals surface area contributed by atoms with E-state index in [-0.39, 0.29) is 12.6 Å². The molecule has 0 saturated carbocycles. The van der Waals surface area contributed by atoms with Gasteiger partial charge in [0.1, 0.15) is 6.61 Å². The van der Waals surface area contributed by atoms with Gasteiger partial charge in [0.05, 0.1) is 12.2 Å². The monoisotopic (exact) mass is 402 g/mol. The zero-order chi connectivity index (χ0) is 19.1. The van der Waals surface area contributed by atoms with Gasteiger partial charge in [0, 0.05) is 27.4 Å². The van der Waals surface area contributed by atoms with Crippen LogP contribution in [0.2, 0.25) is 10.0 Å². The van der Waals surface area contributed by atoms with Gasteiger partial charge in [-0.2, -0.15) is 0 Å². The first kappa shape index (κ1) is 18.9. The van der Waals surface area contributed by atoms with Gasteiger partial charge in [0.25, 0.3) is 0 Å². The van der Waals surface area contributed by atoms with E-state index in [9.17, 15) is 4.79 Å². The van der Waals surface area contributed by atoms with E-state index < -0.39 is 0 Å². The summed E-state index contributed by atoms with van der Waals surface area (Å²) in [5, 5.41) is 14.4. The minimum atomic E-state index is -0.387. The van der Waals surface area contributed by atoms with Crippen molar-refractivity contribution >= 4 is 34.9 Å². The lowest BCUT2D eigenvalue weighted by molar-refractivity contribution is 0.246. The Labute approximate surface area is 166 Å². The number of hydrogen-bond acceptors (Lipinski definition) is 4. The van der Waals surface area contributed by atoms with Crippen molar-refractivity contribution in [1.82, 2.24) is 15.5 Å².